The van der Waals surface area contributed by atoms with Crippen LogP contribution in [-0.2, 0) is 16.0 Å². The van der Waals surface area contributed by atoms with Crippen molar-refractivity contribution in [2.75, 3.05) is 13.1 Å². The molecule has 0 aliphatic carbocycles. The fourth-order valence-corrected chi connectivity index (χ4v) is 3.84. The number of aromatic nitrogens is 2. The molecule has 3 aromatic rings. The van der Waals surface area contributed by atoms with Crippen LogP contribution in [0.5, 0.6) is 0 Å². The van der Waals surface area contributed by atoms with Gasteiger partial charge in [-0.25, -0.2) is 4.68 Å². The average molecular weight is 402 g/mol. The van der Waals surface area contributed by atoms with E-state index in [-0.39, 0.29) is 11.8 Å². The van der Waals surface area contributed by atoms with E-state index in [0.717, 1.165) is 29.8 Å². The Kier molecular flexibility index (Phi) is 6.23. The minimum absolute atomic E-state index is 0.0480. The number of nitrogens with one attached hydrogen (secondary N) is 1. The van der Waals surface area contributed by atoms with Crippen molar-refractivity contribution in [3.63, 3.8) is 0 Å². The lowest BCUT2D eigenvalue weighted by atomic mass is 10.0. The van der Waals surface area contributed by atoms with Crippen molar-refractivity contribution in [1.82, 2.24) is 20.0 Å². The van der Waals surface area contributed by atoms with Crippen LogP contribution >= 0.6 is 0 Å². The molecule has 1 aliphatic heterocycles. The molecular formula is C24H26N4O2. The fraction of sp³-hybridized carbons (Fsp3) is 0.292. The van der Waals surface area contributed by atoms with Crippen LogP contribution in [0.2, 0.25) is 0 Å². The average Bonchev–Trinajstić information content (AvgIpc) is 3.26. The third-order valence-corrected chi connectivity index (χ3v) is 5.38. The molecule has 6 heteroatoms. The van der Waals surface area contributed by atoms with Crippen LogP contribution in [0.4, 0.5) is 0 Å². The molecule has 1 N–H and O–H groups in total. The van der Waals surface area contributed by atoms with Gasteiger partial charge < -0.3 is 10.2 Å². The molecule has 1 fully saturated rings. The first kappa shape index (κ1) is 19.9. The second-order valence-electron chi connectivity index (χ2n) is 7.49. The first-order valence-corrected chi connectivity index (χ1v) is 10.4. The molecule has 2 heterocycles. The summed E-state index contributed by atoms with van der Waals surface area (Å²) in [4.78, 5) is 27.3. The standard InChI is InChI=1S/C24H26N4O2/c29-22-13-7-8-17-27(22)23(19-9-3-1-4-10-19)24(30)25-16-14-20-15-18-28(26-20)21-11-5-2-6-12-21/h1-6,9-12,15,18,23H,7-8,13-14,16-17H2,(H,25,30). The van der Waals surface area contributed by atoms with Gasteiger partial charge in [-0.1, -0.05) is 48.5 Å². The number of rotatable bonds is 7. The molecule has 0 spiro atoms. The van der Waals surface area contributed by atoms with E-state index in [1.807, 2.05) is 77.6 Å². The highest BCUT2D eigenvalue weighted by Crippen LogP contribution is 2.25. The van der Waals surface area contributed by atoms with Crippen molar-refractivity contribution in [2.24, 2.45) is 0 Å². The number of carbonyl (C=O) groups is 2. The Bertz CT molecular complexity index is 985. The Balaban J connectivity index is 1.41. The summed E-state index contributed by atoms with van der Waals surface area (Å²) < 4.78 is 1.83. The van der Waals surface area contributed by atoms with Gasteiger partial charge in [0.05, 0.1) is 11.4 Å². The fourth-order valence-electron chi connectivity index (χ4n) is 3.84. The second-order valence-corrected chi connectivity index (χ2v) is 7.49. The van der Waals surface area contributed by atoms with Crippen molar-refractivity contribution in [2.45, 2.75) is 31.7 Å². The highest BCUT2D eigenvalue weighted by atomic mass is 16.2. The van der Waals surface area contributed by atoms with Crippen LogP contribution in [0.3, 0.4) is 0 Å². The lowest BCUT2D eigenvalue weighted by Crippen LogP contribution is -2.46. The quantitative estimate of drug-likeness (QED) is 0.659. The highest BCUT2D eigenvalue weighted by Gasteiger charge is 2.32. The molecular weight excluding hydrogens is 376 g/mol. The van der Waals surface area contributed by atoms with Crippen molar-refractivity contribution in [1.29, 1.82) is 0 Å². The molecule has 1 saturated heterocycles. The molecule has 0 bridgehead atoms. The van der Waals surface area contributed by atoms with Gasteiger partial charge in [0, 0.05) is 32.1 Å². The third kappa shape index (κ3) is 4.59. The predicted octanol–water partition coefficient (Wildman–Crippen LogP) is 3.28. The van der Waals surface area contributed by atoms with Crippen LogP contribution in [0.25, 0.3) is 5.69 Å². The largest absolute Gasteiger partial charge is 0.354 e. The Hall–Kier alpha value is -3.41. The normalized spacial score (nSPS) is 15.1. The van der Waals surface area contributed by atoms with Gasteiger partial charge in [-0.2, -0.15) is 5.10 Å². The summed E-state index contributed by atoms with van der Waals surface area (Å²) in [5.74, 6) is -0.0919. The monoisotopic (exact) mass is 402 g/mol. The molecule has 1 aliphatic rings. The molecule has 1 atom stereocenters. The number of hydrogen-bond donors (Lipinski definition) is 1. The number of carbonyl (C=O) groups excluding carboxylic acids is 2. The van der Waals surface area contributed by atoms with Gasteiger partial charge in [-0.3, -0.25) is 9.59 Å². The van der Waals surface area contributed by atoms with E-state index < -0.39 is 6.04 Å². The second kappa shape index (κ2) is 9.39. The minimum Gasteiger partial charge on any atom is -0.354 e. The molecule has 1 unspecified atom stereocenters. The van der Waals surface area contributed by atoms with Gasteiger partial charge in [0.2, 0.25) is 11.8 Å². The summed E-state index contributed by atoms with van der Waals surface area (Å²) in [6.45, 7) is 1.09. The number of hydrogen-bond acceptors (Lipinski definition) is 3. The SMILES string of the molecule is O=C(NCCc1ccn(-c2ccccc2)n1)C(c1ccccc1)N1CCCCC1=O. The van der Waals surface area contributed by atoms with Crippen molar-refractivity contribution in [3.8, 4) is 5.69 Å². The van der Waals surface area contributed by atoms with Crippen LogP contribution in [0, 0.1) is 0 Å². The zero-order chi connectivity index (χ0) is 20.8. The number of nitrogens with zero attached hydrogens (tertiary/aromatic N) is 3. The van der Waals surface area contributed by atoms with Crippen molar-refractivity contribution >= 4 is 11.8 Å². The van der Waals surface area contributed by atoms with Gasteiger partial charge in [0.25, 0.3) is 0 Å². The summed E-state index contributed by atoms with van der Waals surface area (Å²) in [5, 5.41) is 7.60. The predicted molar refractivity (Wildman–Crippen MR) is 115 cm³/mol. The molecule has 1 aromatic heterocycles. The van der Waals surface area contributed by atoms with Gasteiger partial charge in [0.15, 0.2) is 0 Å². The van der Waals surface area contributed by atoms with Crippen LogP contribution in [-0.4, -0.2) is 39.6 Å². The Morgan fingerprint density at radius 3 is 2.47 bits per heavy atom. The highest BCUT2D eigenvalue weighted by molar-refractivity contribution is 5.89. The maximum Gasteiger partial charge on any atom is 0.247 e. The molecule has 2 aromatic carbocycles. The van der Waals surface area contributed by atoms with Crippen molar-refractivity contribution < 1.29 is 9.59 Å². The smallest absolute Gasteiger partial charge is 0.247 e. The van der Waals surface area contributed by atoms with E-state index in [4.69, 9.17) is 0 Å². The molecule has 154 valence electrons. The Morgan fingerprint density at radius 2 is 1.73 bits per heavy atom. The summed E-state index contributed by atoms with van der Waals surface area (Å²) in [6, 6.07) is 20.8. The van der Waals surface area contributed by atoms with E-state index in [0.29, 0.717) is 25.9 Å². The van der Waals surface area contributed by atoms with Gasteiger partial charge in [0.1, 0.15) is 6.04 Å². The maximum absolute atomic E-state index is 13.1. The maximum atomic E-state index is 13.1. The van der Waals surface area contributed by atoms with Crippen LogP contribution < -0.4 is 5.32 Å². The lowest BCUT2D eigenvalue weighted by Gasteiger charge is -2.34. The topological polar surface area (TPSA) is 67.2 Å². The summed E-state index contributed by atoms with van der Waals surface area (Å²) in [7, 11) is 0. The van der Waals surface area contributed by atoms with E-state index in [9.17, 15) is 9.59 Å². The molecule has 0 radical (unpaired) electrons. The lowest BCUT2D eigenvalue weighted by molar-refractivity contribution is -0.142. The number of amides is 2. The number of piperidine rings is 1. The van der Waals surface area contributed by atoms with Gasteiger partial charge in [-0.05, 0) is 36.6 Å². The Labute approximate surface area is 176 Å². The summed E-state index contributed by atoms with van der Waals surface area (Å²) >= 11 is 0. The molecule has 6 nitrogen and oxygen atoms in total. The third-order valence-electron chi connectivity index (χ3n) is 5.38. The number of likely N-dealkylation sites (tertiary alicyclic amines) is 1. The van der Waals surface area contributed by atoms with E-state index in [1.54, 1.807) is 4.90 Å². The zero-order valence-electron chi connectivity index (χ0n) is 16.9. The first-order valence-electron chi connectivity index (χ1n) is 10.4. The minimum atomic E-state index is -0.583. The molecule has 4 rings (SSSR count). The number of para-hydroxylation sites is 1. The molecule has 0 saturated carbocycles. The molecule has 2 amide bonds. The first-order chi connectivity index (χ1) is 14.7. The van der Waals surface area contributed by atoms with E-state index in [1.165, 1.54) is 0 Å². The van der Waals surface area contributed by atoms with E-state index in [2.05, 4.69) is 10.4 Å². The van der Waals surface area contributed by atoms with Crippen LogP contribution in [0.1, 0.15) is 36.6 Å². The molecule has 30 heavy (non-hydrogen) atoms. The number of benzene rings is 2. The van der Waals surface area contributed by atoms with Crippen molar-refractivity contribution in [3.05, 3.63) is 84.2 Å². The van der Waals surface area contributed by atoms with Gasteiger partial charge in [-0.15, -0.1) is 0 Å². The van der Waals surface area contributed by atoms with E-state index >= 15 is 0 Å². The zero-order valence-corrected chi connectivity index (χ0v) is 16.9. The summed E-state index contributed by atoms with van der Waals surface area (Å²) in [6.07, 6.45) is 4.88. The van der Waals surface area contributed by atoms with Gasteiger partial charge >= 0.3 is 0 Å². The van der Waals surface area contributed by atoms with Crippen LogP contribution in [0.15, 0.2) is 72.9 Å². The summed E-state index contributed by atoms with van der Waals surface area (Å²) in [5.41, 5.74) is 2.75. The Morgan fingerprint density at radius 1 is 1.00 bits per heavy atom.